The van der Waals surface area contributed by atoms with E-state index in [4.69, 9.17) is 4.74 Å². The minimum absolute atomic E-state index is 0.0603. The summed E-state index contributed by atoms with van der Waals surface area (Å²) in [6.45, 7) is 4.58. The highest BCUT2D eigenvalue weighted by atomic mass is 32.2. The molecular weight excluding hydrogens is 527 g/mol. The largest absolute Gasteiger partial charge is 0.497 e. The van der Waals surface area contributed by atoms with Crippen molar-refractivity contribution in [3.05, 3.63) is 89.0 Å². The first-order chi connectivity index (χ1) is 18.5. The predicted octanol–water partition coefficient (Wildman–Crippen LogP) is 6.82. The van der Waals surface area contributed by atoms with Crippen molar-refractivity contribution < 1.29 is 27.5 Å². The van der Waals surface area contributed by atoms with E-state index in [-0.39, 0.29) is 12.5 Å². The van der Waals surface area contributed by atoms with Crippen molar-refractivity contribution in [3.8, 4) is 5.75 Å². The van der Waals surface area contributed by atoms with E-state index in [0.717, 1.165) is 17.7 Å². The van der Waals surface area contributed by atoms with Crippen LogP contribution in [0.15, 0.2) is 66.7 Å². The van der Waals surface area contributed by atoms with Crippen LogP contribution in [0.3, 0.4) is 0 Å². The average molecular weight is 556 g/mol. The molecule has 2 aliphatic heterocycles. The smallest absolute Gasteiger partial charge is 0.416 e. The third-order valence-corrected chi connectivity index (χ3v) is 8.52. The molecule has 3 aromatic rings. The second-order valence-corrected chi connectivity index (χ2v) is 11.1. The third-order valence-electron chi connectivity index (χ3n) is 7.10. The number of rotatable bonds is 5. The monoisotopic (exact) mass is 555 g/mol. The number of nitrogens with zero attached hydrogens (tertiary/aromatic N) is 2. The average Bonchev–Trinajstić information content (AvgIpc) is 3.45. The van der Waals surface area contributed by atoms with Gasteiger partial charge in [0.05, 0.1) is 24.9 Å². The molecule has 5 rings (SSSR count). The van der Waals surface area contributed by atoms with E-state index < -0.39 is 22.6 Å². The second kappa shape index (κ2) is 10.1. The molecule has 6 nitrogen and oxygen atoms in total. The number of hydrogen-bond acceptors (Lipinski definition) is 4. The number of benzene rings is 3. The number of halogens is 3. The molecule has 3 aromatic carbocycles. The van der Waals surface area contributed by atoms with Gasteiger partial charge >= 0.3 is 12.2 Å². The lowest BCUT2D eigenvalue weighted by Gasteiger charge is -2.33. The van der Waals surface area contributed by atoms with Crippen LogP contribution in [0.1, 0.15) is 42.0 Å². The Kier molecular flexibility index (Phi) is 7.00. The summed E-state index contributed by atoms with van der Waals surface area (Å²) in [6.07, 6.45) is -4.45. The Morgan fingerprint density at radius 1 is 1.08 bits per heavy atom. The Balaban J connectivity index is 1.48. The van der Waals surface area contributed by atoms with Crippen LogP contribution in [0.4, 0.5) is 29.3 Å². The fourth-order valence-corrected chi connectivity index (χ4v) is 6.45. The van der Waals surface area contributed by atoms with Gasteiger partial charge < -0.3 is 15.0 Å². The maximum Gasteiger partial charge on any atom is 0.416 e. The van der Waals surface area contributed by atoms with E-state index in [0.29, 0.717) is 46.5 Å². The predicted molar refractivity (Wildman–Crippen MR) is 146 cm³/mol. The molecule has 204 valence electrons. The first kappa shape index (κ1) is 26.9. The number of anilines is 2. The minimum atomic E-state index is -4.45. The number of ether oxygens (including phenoxy) is 1. The second-order valence-electron chi connectivity index (χ2n) is 9.82. The summed E-state index contributed by atoms with van der Waals surface area (Å²) in [5.74, 6) is 1.11. The van der Waals surface area contributed by atoms with Crippen LogP contribution in [0.25, 0.3) is 0 Å². The molecule has 0 radical (unpaired) electrons. The minimum Gasteiger partial charge on any atom is -0.497 e. The molecule has 2 aliphatic rings. The zero-order valence-electron chi connectivity index (χ0n) is 21.7. The van der Waals surface area contributed by atoms with Gasteiger partial charge in [0.1, 0.15) is 5.75 Å². The molecule has 0 aromatic heterocycles. The standard InChI is InChI=1S/C29H28F3N3O3S/c1-18(2)20-6-10-22(11-7-20)33-27(37)35-14-15-39-28(35)24-16-23(38-3)12-13-25(24)34(26(28)36)17-19-4-8-21(9-5-19)29(30,31)32/h4-13,16,18H,14-15,17H2,1-3H3,(H,33,37)/t28-/m0/s1. The molecule has 2 heterocycles. The van der Waals surface area contributed by atoms with E-state index in [1.807, 2.05) is 24.3 Å². The summed E-state index contributed by atoms with van der Waals surface area (Å²) in [4.78, 5) is 29.5. The number of amides is 3. The summed E-state index contributed by atoms with van der Waals surface area (Å²) in [6, 6.07) is 17.2. The molecule has 3 amide bonds. The first-order valence-corrected chi connectivity index (χ1v) is 13.5. The van der Waals surface area contributed by atoms with Crippen molar-refractivity contribution in [1.29, 1.82) is 0 Å². The number of carbonyl (C=O) groups is 2. The Morgan fingerprint density at radius 2 is 1.77 bits per heavy atom. The molecule has 1 spiro atoms. The normalized spacial score (nSPS) is 18.7. The summed E-state index contributed by atoms with van der Waals surface area (Å²) in [7, 11) is 1.53. The Hall–Kier alpha value is -3.66. The number of urea groups is 1. The number of alkyl halides is 3. The third kappa shape index (κ3) is 4.82. The van der Waals surface area contributed by atoms with Crippen LogP contribution in [0.5, 0.6) is 5.75 Å². The van der Waals surface area contributed by atoms with Gasteiger partial charge in [-0.1, -0.05) is 38.1 Å². The first-order valence-electron chi connectivity index (χ1n) is 12.5. The lowest BCUT2D eigenvalue weighted by Crippen LogP contribution is -2.51. The van der Waals surface area contributed by atoms with E-state index in [1.165, 1.54) is 35.9 Å². The van der Waals surface area contributed by atoms with E-state index in [2.05, 4.69) is 19.2 Å². The van der Waals surface area contributed by atoms with Crippen LogP contribution < -0.4 is 15.0 Å². The molecule has 0 unspecified atom stereocenters. The molecule has 1 fully saturated rings. The van der Waals surface area contributed by atoms with E-state index in [9.17, 15) is 22.8 Å². The lowest BCUT2D eigenvalue weighted by atomic mass is 10.0. The summed E-state index contributed by atoms with van der Waals surface area (Å²) in [5.41, 5.74) is 2.76. The number of methoxy groups -OCH3 is 1. The highest BCUT2D eigenvalue weighted by Gasteiger charge is 2.59. The van der Waals surface area contributed by atoms with Gasteiger partial charge in [0.2, 0.25) is 0 Å². The van der Waals surface area contributed by atoms with Crippen molar-refractivity contribution >= 4 is 35.1 Å². The Bertz CT molecular complexity index is 1390. The number of hydrogen-bond donors (Lipinski definition) is 1. The molecule has 39 heavy (non-hydrogen) atoms. The molecule has 1 saturated heterocycles. The van der Waals surface area contributed by atoms with Gasteiger partial charge in [-0.2, -0.15) is 13.2 Å². The van der Waals surface area contributed by atoms with Gasteiger partial charge in [0.15, 0.2) is 4.87 Å². The van der Waals surface area contributed by atoms with Crippen molar-refractivity contribution in [2.75, 3.05) is 29.6 Å². The Morgan fingerprint density at radius 3 is 2.38 bits per heavy atom. The van der Waals surface area contributed by atoms with Crippen molar-refractivity contribution in [2.24, 2.45) is 0 Å². The van der Waals surface area contributed by atoms with Gasteiger partial charge in [-0.05, 0) is 59.5 Å². The molecular formula is C29H28F3N3O3S. The van der Waals surface area contributed by atoms with Crippen molar-refractivity contribution in [2.45, 2.75) is 37.4 Å². The van der Waals surface area contributed by atoms with E-state index in [1.54, 1.807) is 23.1 Å². The number of thioether (sulfide) groups is 1. The van der Waals surface area contributed by atoms with Crippen LogP contribution in [-0.2, 0) is 22.4 Å². The Labute approximate surface area is 229 Å². The zero-order valence-corrected chi connectivity index (χ0v) is 22.5. The fraction of sp³-hybridized carbons (Fsp3) is 0.310. The number of fused-ring (bicyclic) bond motifs is 2. The van der Waals surface area contributed by atoms with Crippen LogP contribution in [-0.4, -0.2) is 36.2 Å². The summed E-state index contributed by atoms with van der Waals surface area (Å²) < 4.78 is 44.6. The molecule has 0 bridgehead atoms. The van der Waals surface area contributed by atoms with Gasteiger partial charge in [0, 0.05) is 23.5 Å². The maximum atomic E-state index is 14.2. The van der Waals surface area contributed by atoms with Crippen LogP contribution >= 0.6 is 11.8 Å². The molecule has 10 heteroatoms. The molecule has 1 N–H and O–H groups in total. The highest BCUT2D eigenvalue weighted by Crippen LogP contribution is 2.55. The molecule has 0 saturated carbocycles. The summed E-state index contributed by atoms with van der Waals surface area (Å²) in [5, 5.41) is 2.93. The van der Waals surface area contributed by atoms with Crippen LogP contribution in [0.2, 0.25) is 0 Å². The topological polar surface area (TPSA) is 61.9 Å². The van der Waals surface area contributed by atoms with Gasteiger partial charge in [-0.25, -0.2) is 4.79 Å². The highest BCUT2D eigenvalue weighted by molar-refractivity contribution is 8.01. The maximum absolute atomic E-state index is 14.2. The quantitative estimate of drug-likeness (QED) is 0.375. The number of carbonyl (C=O) groups excluding carboxylic acids is 2. The van der Waals surface area contributed by atoms with Gasteiger partial charge in [-0.15, -0.1) is 11.8 Å². The van der Waals surface area contributed by atoms with Crippen LogP contribution in [0, 0.1) is 0 Å². The van der Waals surface area contributed by atoms with Gasteiger partial charge in [0.25, 0.3) is 5.91 Å². The SMILES string of the molecule is COc1ccc2c(c1)[C@]1(SCCN1C(=O)Nc1ccc(C(C)C)cc1)C(=O)N2Cc1ccc(C(F)(F)F)cc1. The number of nitrogens with one attached hydrogen (secondary N) is 1. The molecule has 0 aliphatic carbocycles. The van der Waals surface area contributed by atoms with Crippen molar-refractivity contribution in [3.63, 3.8) is 0 Å². The van der Waals surface area contributed by atoms with E-state index >= 15 is 0 Å². The lowest BCUT2D eigenvalue weighted by molar-refractivity contribution is -0.137. The fourth-order valence-electron chi connectivity index (χ4n) is 5.00. The molecule has 1 atom stereocenters. The summed E-state index contributed by atoms with van der Waals surface area (Å²) >= 11 is 1.37. The van der Waals surface area contributed by atoms with Gasteiger partial charge in [-0.3, -0.25) is 9.69 Å². The van der Waals surface area contributed by atoms with Crippen molar-refractivity contribution in [1.82, 2.24) is 4.90 Å². The zero-order chi connectivity index (χ0) is 27.9.